The number of fused-ring (bicyclic) bond motifs is 6. The van der Waals surface area contributed by atoms with E-state index in [1.807, 2.05) is 59.5 Å². The van der Waals surface area contributed by atoms with Crippen molar-refractivity contribution in [2.75, 3.05) is 17.3 Å². The molecule has 0 aliphatic carbocycles. The van der Waals surface area contributed by atoms with Gasteiger partial charge in [-0.15, -0.1) is 0 Å². The van der Waals surface area contributed by atoms with Crippen molar-refractivity contribution in [1.82, 2.24) is 0 Å². The summed E-state index contributed by atoms with van der Waals surface area (Å²) < 4.78 is 20.5. The molecule has 3 aliphatic rings. The Bertz CT molecular complexity index is 1760. The minimum absolute atomic E-state index is 0.125. The number of hydrogen-bond acceptors (Lipinski definition) is 5. The summed E-state index contributed by atoms with van der Waals surface area (Å²) in [6, 6.07) is 25.4. The van der Waals surface area contributed by atoms with E-state index >= 15 is 4.39 Å². The van der Waals surface area contributed by atoms with Gasteiger partial charge in [-0.2, -0.15) is 0 Å². The van der Waals surface area contributed by atoms with E-state index in [9.17, 15) is 14.4 Å². The summed E-state index contributed by atoms with van der Waals surface area (Å²) in [6.07, 6.45) is 3.82. The number of methoxy groups -OCH3 is 1. The number of anilines is 2. The van der Waals surface area contributed by atoms with Crippen LogP contribution >= 0.6 is 0 Å². The fourth-order valence-electron chi connectivity index (χ4n) is 6.87. The van der Waals surface area contributed by atoms with E-state index < -0.39 is 35.0 Å². The molecular formula is C34H25FN2O4. The molecule has 0 saturated carbocycles. The zero-order valence-electron chi connectivity index (χ0n) is 22.1. The molecule has 4 atom stereocenters. The van der Waals surface area contributed by atoms with Crippen LogP contribution in [0.25, 0.3) is 6.08 Å². The van der Waals surface area contributed by atoms with Gasteiger partial charge in [-0.25, -0.2) is 4.39 Å². The maximum atomic E-state index is 15.2. The van der Waals surface area contributed by atoms with Gasteiger partial charge in [0, 0.05) is 16.9 Å². The molecule has 0 unspecified atom stereocenters. The van der Waals surface area contributed by atoms with Crippen molar-refractivity contribution in [3.8, 4) is 5.75 Å². The van der Waals surface area contributed by atoms with E-state index in [0.717, 1.165) is 5.56 Å². The zero-order chi connectivity index (χ0) is 28.3. The van der Waals surface area contributed by atoms with Gasteiger partial charge in [0.1, 0.15) is 23.0 Å². The first-order valence-electron chi connectivity index (χ1n) is 13.4. The zero-order valence-corrected chi connectivity index (χ0v) is 22.1. The molecule has 7 rings (SSSR count). The van der Waals surface area contributed by atoms with Crippen molar-refractivity contribution in [2.24, 2.45) is 5.92 Å². The lowest BCUT2D eigenvalue weighted by atomic mass is 9.64. The number of halogens is 1. The lowest BCUT2D eigenvalue weighted by molar-refractivity contribution is -0.121. The number of hydrogen-bond donors (Lipinski definition) is 1. The number of carbonyl (C=O) groups excluding carboxylic acids is 3. The quantitative estimate of drug-likeness (QED) is 0.327. The largest absolute Gasteiger partial charge is 0.497 e. The Morgan fingerprint density at radius 2 is 1.59 bits per heavy atom. The molecule has 202 valence electrons. The Morgan fingerprint density at radius 1 is 0.878 bits per heavy atom. The summed E-state index contributed by atoms with van der Waals surface area (Å²) in [6.45, 7) is 0. The van der Waals surface area contributed by atoms with Crippen LogP contribution in [-0.2, 0) is 10.2 Å². The Kier molecular flexibility index (Phi) is 5.64. The average molecular weight is 545 g/mol. The van der Waals surface area contributed by atoms with Gasteiger partial charge in [0.05, 0.1) is 24.6 Å². The van der Waals surface area contributed by atoms with Crippen molar-refractivity contribution in [3.05, 3.63) is 131 Å². The van der Waals surface area contributed by atoms with E-state index in [1.165, 1.54) is 25.3 Å². The highest BCUT2D eigenvalue weighted by atomic mass is 19.1. The summed E-state index contributed by atoms with van der Waals surface area (Å²) in [4.78, 5) is 45.4. The number of Topliss-reactive ketones (excluding diaryl/α,β-unsaturated/α-hetero) is 2. The van der Waals surface area contributed by atoms with E-state index in [1.54, 1.807) is 36.4 Å². The lowest BCUT2D eigenvalue weighted by Gasteiger charge is -2.37. The van der Waals surface area contributed by atoms with Crippen LogP contribution in [0.3, 0.4) is 0 Å². The molecule has 4 aromatic rings. The molecular weight excluding hydrogens is 519 g/mol. The number of nitrogens with one attached hydrogen (secondary N) is 1. The second-order valence-corrected chi connectivity index (χ2v) is 10.5. The van der Waals surface area contributed by atoms with Crippen LogP contribution in [0, 0.1) is 11.7 Å². The number of ether oxygens (including phenoxy) is 1. The number of carbonyl (C=O) groups is 3. The molecule has 0 radical (unpaired) electrons. The Morgan fingerprint density at radius 3 is 2.37 bits per heavy atom. The molecule has 6 nitrogen and oxygen atoms in total. The second kappa shape index (κ2) is 9.27. The van der Waals surface area contributed by atoms with Crippen LogP contribution in [0.4, 0.5) is 15.8 Å². The maximum absolute atomic E-state index is 15.2. The van der Waals surface area contributed by atoms with Gasteiger partial charge in [-0.3, -0.25) is 14.4 Å². The molecule has 3 aliphatic heterocycles. The molecule has 7 heteroatoms. The lowest BCUT2D eigenvalue weighted by Crippen LogP contribution is -2.51. The van der Waals surface area contributed by atoms with E-state index in [4.69, 9.17) is 4.74 Å². The van der Waals surface area contributed by atoms with Crippen molar-refractivity contribution in [1.29, 1.82) is 0 Å². The second-order valence-electron chi connectivity index (χ2n) is 10.5. The molecule has 0 bridgehead atoms. The smallest absolute Gasteiger partial charge is 0.238 e. The highest BCUT2D eigenvalue weighted by molar-refractivity contribution is 6.18. The molecule has 41 heavy (non-hydrogen) atoms. The highest BCUT2D eigenvalue weighted by Gasteiger charge is 2.70. The Hall–Kier alpha value is -5.04. The fourth-order valence-corrected chi connectivity index (χ4v) is 6.87. The number of para-hydroxylation sites is 2. The number of benzene rings is 4. The van der Waals surface area contributed by atoms with Gasteiger partial charge in [0.2, 0.25) is 5.91 Å². The molecule has 1 fully saturated rings. The minimum Gasteiger partial charge on any atom is -0.497 e. The van der Waals surface area contributed by atoms with Crippen LogP contribution in [0.1, 0.15) is 31.8 Å². The van der Waals surface area contributed by atoms with Crippen LogP contribution in [0.15, 0.2) is 103 Å². The van der Waals surface area contributed by atoms with Gasteiger partial charge < -0.3 is 15.0 Å². The number of nitrogens with zero attached hydrogens (tertiary/aromatic N) is 1. The fraction of sp³-hybridized carbons (Fsp3) is 0.147. The maximum Gasteiger partial charge on any atom is 0.238 e. The summed E-state index contributed by atoms with van der Waals surface area (Å²) in [5, 5.41) is 3.00. The van der Waals surface area contributed by atoms with Crippen molar-refractivity contribution < 1.29 is 23.5 Å². The van der Waals surface area contributed by atoms with Crippen LogP contribution < -0.4 is 15.0 Å². The molecule has 1 spiro atoms. The molecule has 0 aromatic heterocycles. The topological polar surface area (TPSA) is 75.7 Å². The van der Waals surface area contributed by atoms with E-state index in [-0.39, 0.29) is 17.3 Å². The molecule has 1 amide bonds. The standard InChI is InChI=1S/C34H25FN2O4/c1-41-22-17-14-21(15-18-22)31(38)29-30(32(39)23-9-3-5-11-25(23)35)37-27-13-7-2-8-20(27)16-19-28(37)34(29)24-10-4-6-12-26(24)36-33(34)40/h2-19,28-30H,1H3,(H,36,40)/t28-,29+,30+,34-/m1/s1. The van der Waals surface area contributed by atoms with Crippen LogP contribution in [0.2, 0.25) is 0 Å². The van der Waals surface area contributed by atoms with Gasteiger partial charge in [-0.05, 0) is 59.7 Å². The van der Waals surface area contributed by atoms with E-state index in [0.29, 0.717) is 28.3 Å². The SMILES string of the molecule is COc1ccc(C(=O)[C@@H]2[C@@H](C(=O)c3ccccc3F)N3c4ccccc4C=C[C@@H]3[C@@]23C(=O)Nc2ccccc23)cc1. The predicted octanol–water partition coefficient (Wildman–Crippen LogP) is 5.69. The molecule has 1 N–H and O–H groups in total. The van der Waals surface area contributed by atoms with Gasteiger partial charge >= 0.3 is 0 Å². The molecule has 1 saturated heterocycles. The van der Waals surface area contributed by atoms with Gasteiger partial charge in [-0.1, -0.05) is 60.7 Å². The van der Waals surface area contributed by atoms with Crippen LogP contribution in [0.5, 0.6) is 5.75 Å². The third-order valence-corrected chi connectivity index (χ3v) is 8.61. The monoisotopic (exact) mass is 544 g/mol. The minimum atomic E-state index is -1.46. The normalized spacial score (nSPS) is 23.5. The summed E-state index contributed by atoms with van der Waals surface area (Å²) >= 11 is 0. The number of amides is 1. The number of rotatable bonds is 5. The van der Waals surface area contributed by atoms with Gasteiger partial charge in [0.25, 0.3) is 0 Å². The average Bonchev–Trinajstić information content (AvgIpc) is 3.49. The summed E-state index contributed by atoms with van der Waals surface area (Å²) in [7, 11) is 1.54. The van der Waals surface area contributed by atoms with Crippen molar-refractivity contribution >= 4 is 34.9 Å². The summed E-state index contributed by atoms with van der Waals surface area (Å²) in [5.74, 6) is -2.59. The van der Waals surface area contributed by atoms with E-state index in [2.05, 4.69) is 5.32 Å². The third-order valence-electron chi connectivity index (χ3n) is 8.61. The van der Waals surface area contributed by atoms with Crippen LogP contribution in [-0.4, -0.2) is 36.7 Å². The summed E-state index contributed by atoms with van der Waals surface area (Å²) in [5.41, 5.74) is 1.53. The third kappa shape index (κ3) is 3.45. The molecule has 4 aromatic carbocycles. The van der Waals surface area contributed by atoms with Crippen molar-refractivity contribution in [2.45, 2.75) is 17.5 Å². The first-order chi connectivity index (χ1) is 20.0. The first-order valence-corrected chi connectivity index (χ1v) is 13.4. The Labute approximate surface area is 236 Å². The highest BCUT2D eigenvalue weighted by Crippen LogP contribution is 2.58. The first kappa shape index (κ1) is 25.0. The Balaban J connectivity index is 1.53. The van der Waals surface area contributed by atoms with Gasteiger partial charge in [0.15, 0.2) is 11.6 Å². The molecule has 3 heterocycles. The van der Waals surface area contributed by atoms with Crippen molar-refractivity contribution in [3.63, 3.8) is 0 Å². The number of ketones is 2. The predicted molar refractivity (Wildman–Crippen MR) is 154 cm³/mol.